The van der Waals surface area contributed by atoms with Gasteiger partial charge >= 0.3 is 6.03 Å². The highest BCUT2D eigenvalue weighted by molar-refractivity contribution is 5.94. The van der Waals surface area contributed by atoms with E-state index in [-0.39, 0.29) is 18.0 Å². The number of nitrogens with zero attached hydrogens (tertiary/aromatic N) is 2. The second-order valence-electron chi connectivity index (χ2n) is 6.11. The van der Waals surface area contributed by atoms with E-state index in [0.717, 1.165) is 5.56 Å². The first-order valence-corrected chi connectivity index (χ1v) is 8.95. The Morgan fingerprint density at radius 1 is 1.11 bits per heavy atom. The minimum absolute atomic E-state index is 0.133. The number of benzene rings is 2. The molecule has 2 N–H and O–H groups in total. The van der Waals surface area contributed by atoms with E-state index >= 15 is 0 Å². The van der Waals surface area contributed by atoms with E-state index in [1.54, 1.807) is 29.2 Å². The number of hydrogen-bond donors (Lipinski definition) is 2. The zero-order valence-electron chi connectivity index (χ0n) is 15.8. The Labute approximate surface area is 159 Å². The Morgan fingerprint density at radius 3 is 2.37 bits per heavy atom. The van der Waals surface area contributed by atoms with Crippen LogP contribution in [0, 0.1) is 11.3 Å². The van der Waals surface area contributed by atoms with Crippen molar-refractivity contribution in [3.8, 4) is 6.07 Å². The predicted octanol–water partition coefficient (Wildman–Crippen LogP) is 3.92. The van der Waals surface area contributed by atoms with Gasteiger partial charge in [-0.15, -0.1) is 0 Å². The number of nitriles is 1. The Bertz CT molecular complexity index is 836. The van der Waals surface area contributed by atoms with Gasteiger partial charge in [-0.25, -0.2) is 4.79 Å². The fourth-order valence-electron chi connectivity index (χ4n) is 2.66. The summed E-state index contributed by atoms with van der Waals surface area (Å²) in [7, 11) is 0. The van der Waals surface area contributed by atoms with Crippen molar-refractivity contribution in [3.05, 3.63) is 65.2 Å². The molecule has 1 unspecified atom stereocenters. The molecule has 6 heteroatoms. The molecule has 0 spiro atoms. The minimum Gasteiger partial charge on any atom is -0.346 e. The maximum absolute atomic E-state index is 12.4. The van der Waals surface area contributed by atoms with Crippen LogP contribution in [0.15, 0.2) is 48.5 Å². The van der Waals surface area contributed by atoms with Gasteiger partial charge in [0.15, 0.2) is 0 Å². The molecule has 0 aliphatic heterocycles. The van der Waals surface area contributed by atoms with Crippen LogP contribution in [0.2, 0.25) is 0 Å². The van der Waals surface area contributed by atoms with E-state index in [4.69, 9.17) is 5.26 Å². The van der Waals surface area contributed by atoms with Crippen LogP contribution < -0.4 is 10.6 Å². The highest BCUT2D eigenvalue weighted by atomic mass is 16.2. The minimum atomic E-state index is -0.237. The molecule has 0 fully saturated rings. The van der Waals surface area contributed by atoms with Crippen LogP contribution in [0.5, 0.6) is 0 Å². The Kier molecular flexibility index (Phi) is 6.95. The van der Waals surface area contributed by atoms with Crippen LogP contribution in [0.3, 0.4) is 0 Å². The lowest BCUT2D eigenvalue weighted by molar-refractivity contribution is 0.0940. The van der Waals surface area contributed by atoms with Crippen LogP contribution in [-0.4, -0.2) is 29.9 Å². The molecule has 0 saturated carbocycles. The lowest BCUT2D eigenvalue weighted by Gasteiger charge is -2.19. The average Bonchev–Trinajstić information content (AvgIpc) is 2.69. The van der Waals surface area contributed by atoms with E-state index in [1.165, 1.54) is 0 Å². The molecule has 27 heavy (non-hydrogen) atoms. The van der Waals surface area contributed by atoms with Gasteiger partial charge in [0.05, 0.1) is 17.7 Å². The van der Waals surface area contributed by atoms with Crippen LogP contribution in [0.25, 0.3) is 0 Å². The van der Waals surface area contributed by atoms with E-state index < -0.39 is 0 Å². The molecule has 0 heterocycles. The molecule has 0 aliphatic carbocycles. The molecule has 0 bridgehead atoms. The zero-order chi connectivity index (χ0) is 19.8. The average molecular weight is 364 g/mol. The summed E-state index contributed by atoms with van der Waals surface area (Å²) in [4.78, 5) is 26.2. The normalized spacial score (nSPS) is 11.2. The second kappa shape index (κ2) is 9.39. The van der Waals surface area contributed by atoms with Crippen LogP contribution in [0.4, 0.5) is 10.5 Å². The summed E-state index contributed by atoms with van der Waals surface area (Å²) in [6, 6.07) is 15.6. The maximum Gasteiger partial charge on any atom is 0.321 e. The molecule has 2 rings (SSSR count). The first kappa shape index (κ1) is 20.0. The van der Waals surface area contributed by atoms with Gasteiger partial charge in [-0.2, -0.15) is 5.26 Å². The molecule has 3 amide bonds. The van der Waals surface area contributed by atoms with Gasteiger partial charge in [0.25, 0.3) is 5.91 Å². The van der Waals surface area contributed by atoms with E-state index in [0.29, 0.717) is 29.9 Å². The maximum atomic E-state index is 12.4. The summed E-state index contributed by atoms with van der Waals surface area (Å²) in [6.45, 7) is 7.05. The number of carbonyl (C=O) groups excluding carboxylic acids is 2. The lowest BCUT2D eigenvalue weighted by Crippen LogP contribution is -2.34. The van der Waals surface area contributed by atoms with Crippen LogP contribution in [-0.2, 0) is 0 Å². The number of carbonyl (C=O) groups is 2. The van der Waals surface area contributed by atoms with Crippen molar-refractivity contribution in [1.29, 1.82) is 5.26 Å². The van der Waals surface area contributed by atoms with Crippen LogP contribution >= 0.6 is 0 Å². The van der Waals surface area contributed by atoms with Crippen LogP contribution in [0.1, 0.15) is 48.3 Å². The topological polar surface area (TPSA) is 85.2 Å². The van der Waals surface area contributed by atoms with Crippen molar-refractivity contribution in [3.63, 3.8) is 0 Å². The molecule has 0 aliphatic rings. The molecule has 2 aromatic rings. The van der Waals surface area contributed by atoms with E-state index in [1.807, 2.05) is 51.1 Å². The second-order valence-corrected chi connectivity index (χ2v) is 6.11. The molecule has 1 atom stereocenters. The highest BCUT2D eigenvalue weighted by Gasteiger charge is 2.13. The number of urea groups is 1. The zero-order valence-corrected chi connectivity index (χ0v) is 15.8. The van der Waals surface area contributed by atoms with Gasteiger partial charge in [-0.3, -0.25) is 4.79 Å². The van der Waals surface area contributed by atoms with Crippen molar-refractivity contribution in [2.24, 2.45) is 0 Å². The van der Waals surface area contributed by atoms with Crippen molar-refractivity contribution < 1.29 is 9.59 Å². The molecule has 0 aromatic heterocycles. The number of anilines is 1. The van der Waals surface area contributed by atoms with Gasteiger partial charge in [0.2, 0.25) is 0 Å². The van der Waals surface area contributed by atoms with E-state index in [9.17, 15) is 9.59 Å². The summed E-state index contributed by atoms with van der Waals surface area (Å²) in [6.07, 6.45) is 0. The summed E-state index contributed by atoms with van der Waals surface area (Å²) < 4.78 is 0. The molecule has 0 saturated heterocycles. The molecule has 6 nitrogen and oxygen atoms in total. The largest absolute Gasteiger partial charge is 0.346 e. The van der Waals surface area contributed by atoms with Gasteiger partial charge < -0.3 is 15.5 Å². The summed E-state index contributed by atoms with van der Waals surface area (Å²) >= 11 is 0. The standard InChI is InChI=1S/C21H24N4O2/c1-4-25(5-2)21(27)24-19-11-9-17(10-12-19)15(3)23-20(26)18-8-6-7-16(13-18)14-22/h6-13,15H,4-5H2,1-3H3,(H,23,26)(H,24,27). The monoisotopic (exact) mass is 364 g/mol. The Morgan fingerprint density at radius 2 is 1.78 bits per heavy atom. The first-order chi connectivity index (χ1) is 13.0. The molecule has 0 radical (unpaired) electrons. The first-order valence-electron chi connectivity index (χ1n) is 8.95. The number of amides is 3. The number of rotatable bonds is 6. The third-order valence-corrected chi connectivity index (χ3v) is 4.31. The summed E-state index contributed by atoms with van der Waals surface area (Å²) in [5, 5.41) is 14.7. The third-order valence-electron chi connectivity index (χ3n) is 4.31. The Hall–Kier alpha value is -3.33. The van der Waals surface area contributed by atoms with Crippen molar-refractivity contribution in [2.75, 3.05) is 18.4 Å². The predicted molar refractivity (Wildman–Crippen MR) is 105 cm³/mol. The van der Waals surface area contributed by atoms with Crippen molar-refractivity contribution >= 4 is 17.6 Å². The molecular formula is C21H24N4O2. The summed E-state index contributed by atoms with van der Waals surface area (Å²) in [5.74, 6) is -0.237. The van der Waals surface area contributed by atoms with Gasteiger partial charge in [-0.1, -0.05) is 18.2 Å². The summed E-state index contributed by atoms with van der Waals surface area (Å²) in [5.41, 5.74) is 2.52. The molecular weight excluding hydrogens is 340 g/mol. The molecule has 2 aromatic carbocycles. The SMILES string of the molecule is CCN(CC)C(=O)Nc1ccc(C(C)NC(=O)c2cccc(C#N)c2)cc1. The van der Waals surface area contributed by atoms with Gasteiger partial charge in [-0.05, 0) is 56.7 Å². The van der Waals surface area contributed by atoms with Gasteiger partial charge in [0.1, 0.15) is 0 Å². The number of nitrogens with one attached hydrogen (secondary N) is 2. The smallest absolute Gasteiger partial charge is 0.321 e. The third kappa shape index (κ3) is 5.32. The van der Waals surface area contributed by atoms with Crippen molar-refractivity contribution in [2.45, 2.75) is 26.8 Å². The fraction of sp³-hybridized carbons (Fsp3) is 0.286. The molecule has 140 valence electrons. The lowest BCUT2D eigenvalue weighted by atomic mass is 10.1. The quantitative estimate of drug-likeness (QED) is 0.814. The Balaban J connectivity index is 2.00. The van der Waals surface area contributed by atoms with Gasteiger partial charge in [0, 0.05) is 24.3 Å². The fourth-order valence-corrected chi connectivity index (χ4v) is 2.66. The highest BCUT2D eigenvalue weighted by Crippen LogP contribution is 2.17. The van der Waals surface area contributed by atoms with E-state index in [2.05, 4.69) is 10.6 Å². The number of hydrogen-bond acceptors (Lipinski definition) is 3. The van der Waals surface area contributed by atoms with Crippen molar-refractivity contribution in [1.82, 2.24) is 10.2 Å².